The van der Waals surface area contributed by atoms with Crippen LogP contribution in [-0.2, 0) is 0 Å². The Morgan fingerprint density at radius 3 is 0.571 bits per heavy atom. The quantitative estimate of drug-likeness (QED) is 0.489. The molecular weight excluding hydrogens is 168 g/mol. The minimum atomic E-state index is 2.00. The average Bonchev–Trinajstić information content (AvgIpc) is 2.41. The van der Waals surface area contributed by atoms with Crippen LogP contribution in [0, 0.1) is 0 Å². The maximum Gasteiger partial charge on any atom is -0.0623 e. The van der Waals surface area contributed by atoms with E-state index in [1.165, 1.54) is 0 Å². The fourth-order valence-electron chi connectivity index (χ4n) is 0.385. The van der Waals surface area contributed by atoms with E-state index in [0.29, 0.717) is 0 Å². The predicted molar refractivity (Wildman–Crippen MR) is 71.6 cm³/mol. The van der Waals surface area contributed by atoms with Gasteiger partial charge in [0.15, 0.2) is 0 Å². The molecule has 0 N–H and O–H groups in total. The minimum Gasteiger partial charge on any atom is -0.106 e. The molecule has 1 aromatic rings. The number of hydrogen-bond donors (Lipinski definition) is 0. The highest BCUT2D eigenvalue weighted by atomic mass is 13.6. The van der Waals surface area contributed by atoms with Crippen molar-refractivity contribution in [2.45, 2.75) is 27.7 Å². The van der Waals surface area contributed by atoms with E-state index in [1.54, 1.807) is 0 Å². The normalized spacial score (nSPS) is 4.86. The van der Waals surface area contributed by atoms with Crippen LogP contribution in [0.25, 0.3) is 0 Å². The summed E-state index contributed by atoms with van der Waals surface area (Å²) in [6.07, 6.45) is 0. The van der Waals surface area contributed by atoms with Gasteiger partial charge in [0.25, 0.3) is 0 Å². The summed E-state index contributed by atoms with van der Waals surface area (Å²) in [6.45, 7) is 20.0. The zero-order chi connectivity index (χ0) is 12.2. The smallest absolute Gasteiger partial charge is 0.0623 e. The fourth-order valence-corrected chi connectivity index (χ4v) is 0.385. The predicted octanol–water partition coefficient (Wildman–Crippen LogP) is 5.34. The molecule has 0 fully saturated rings. The van der Waals surface area contributed by atoms with Crippen LogP contribution in [0.15, 0.2) is 62.7 Å². The van der Waals surface area contributed by atoms with Gasteiger partial charge >= 0.3 is 0 Å². The molecule has 0 nitrogen and oxygen atoms in total. The van der Waals surface area contributed by atoms with Crippen LogP contribution < -0.4 is 0 Å². The lowest BCUT2D eigenvalue weighted by Crippen LogP contribution is -1.47. The van der Waals surface area contributed by atoms with Gasteiger partial charge < -0.3 is 0 Å². The molecular formula is C14H26. The first kappa shape index (κ1) is 23.0. The Morgan fingerprint density at radius 2 is 0.500 bits per heavy atom. The molecule has 0 aliphatic carbocycles. The van der Waals surface area contributed by atoms with E-state index >= 15 is 0 Å². The summed E-state index contributed by atoms with van der Waals surface area (Å²) < 4.78 is 0. The highest BCUT2D eigenvalue weighted by Gasteiger charge is 1.57. The van der Waals surface area contributed by atoms with E-state index in [4.69, 9.17) is 0 Å². The van der Waals surface area contributed by atoms with Crippen molar-refractivity contribution in [2.75, 3.05) is 0 Å². The Morgan fingerprint density at radius 1 is 0.429 bits per heavy atom. The first-order chi connectivity index (χ1) is 7.00. The monoisotopic (exact) mass is 194 g/mol. The van der Waals surface area contributed by atoms with Gasteiger partial charge in [-0.15, -0.1) is 26.3 Å². The van der Waals surface area contributed by atoms with Crippen LogP contribution in [0.4, 0.5) is 0 Å². The van der Waals surface area contributed by atoms with Gasteiger partial charge in [0.05, 0.1) is 0 Å². The lowest BCUT2D eigenvalue weighted by molar-refractivity contribution is 1.50. The van der Waals surface area contributed by atoms with Crippen molar-refractivity contribution in [3.63, 3.8) is 0 Å². The van der Waals surface area contributed by atoms with E-state index in [0.717, 1.165) is 0 Å². The number of benzene rings is 1. The standard InChI is InChI=1S/C6H6.2C2H6.2C2H4/c1-2-4-6-5-3-1;4*1-2/h1-6H;2*1-2H3;2*1-2H2. The summed E-state index contributed by atoms with van der Waals surface area (Å²) in [7, 11) is 0. The molecule has 0 heterocycles. The van der Waals surface area contributed by atoms with Gasteiger partial charge in [0, 0.05) is 0 Å². The molecule has 1 aromatic carbocycles. The second-order valence-electron chi connectivity index (χ2n) is 1.15. The maximum atomic E-state index is 3.00. The molecule has 0 aliphatic rings. The molecule has 82 valence electrons. The van der Waals surface area contributed by atoms with Crippen LogP contribution in [0.3, 0.4) is 0 Å². The SMILES string of the molecule is C=C.C=C.CC.CC.c1ccccc1. The van der Waals surface area contributed by atoms with Crippen molar-refractivity contribution in [1.82, 2.24) is 0 Å². The number of hydrogen-bond acceptors (Lipinski definition) is 0. The van der Waals surface area contributed by atoms with Crippen molar-refractivity contribution < 1.29 is 0 Å². The third-order valence-electron chi connectivity index (χ3n) is 0.667. The second-order valence-corrected chi connectivity index (χ2v) is 1.15. The Balaban J connectivity index is -0.0000000542. The Labute approximate surface area is 91.0 Å². The fraction of sp³-hybridized carbons (Fsp3) is 0.286. The van der Waals surface area contributed by atoms with E-state index in [1.807, 2.05) is 64.1 Å². The molecule has 0 unspecified atom stereocenters. The van der Waals surface area contributed by atoms with E-state index in [9.17, 15) is 0 Å². The van der Waals surface area contributed by atoms with Crippen LogP contribution in [-0.4, -0.2) is 0 Å². The molecule has 0 aromatic heterocycles. The molecule has 0 aliphatic heterocycles. The van der Waals surface area contributed by atoms with Crippen LogP contribution >= 0.6 is 0 Å². The zero-order valence-electron chi connectivity index (χ0n) is 10.3. The molecule has 0 saturated carbocycles. The van der Waals surface area contributed by atoms with Crippen LogP contribution in [0.1, 0.15) is 27.7 Å². The Hall–Kier alpha value is -1.30. The van der Waals surface area contributed by atoms with Gasteiger partial charge in [0.1, 0.15) is 0 Å². The first-order valence-electron chi connectivity index (χ1n) is 5.00. The van der Waals surface area contributed by atoms with Crippen molar-refractivity contribution in [3.05, 3.63) is 62.7 Å². The molecule has 14 heavy (non-hydrogen) atoms. The number of rotatable bonds is 0. The lowest BCUT2D eigenvalue weighted by atomic mass is 10.4. The summed E-state index contributed by atoms with van der Waals surface area (Å²) in [4.78, 5) is 0. The third-order valence-corrected chi connectivity index (χ3v) is 0.667. The summed E-state index contributed by atoms with van der Waals surface area (Å²) in [6, 6.07) is 12.0. The van der Waals surface area contributed by atoms with Gasteiger partial charge in [-0.2, -0.15) is 0 Å². The van der Waals surface area contributed by atoms with Gasteiger partial charge in [0.2, 0.25) is 0 Å². The topological polar surface area (TPSA) is 0 Å². The summed E-state index contributed by atoms with van der Waals surface area (Å²) in [5, 5.41) is 0. The molecule has 0 spiro atoms. The van der Waals surface area contributed by atoms with E-state index < -0.39 is 0 Å². The van der Waals surface area contributed by atoms with Gasteiger partial charge in [-0.3, -0.25) is 0 Å². The molecule has 0 bridgehead atoms. The van der Waals surface area contributed by atoms with Crippen molar-refractivity contribution in [3.8, 4) is 0 Å². The lowest BCUT2D eigenvalue weighted by Gasteiger charge is -1.69. The van der Waals surface area contributed by atoms with Crippen LogP contribution in [0.5, 0.6) is 0 Å². The molecule has 0 heteroatoms. The highest BCUT2D eigenvalue weighted by molar-refractivity contribution is 4.99. The van der Waals surface area contributed by atoms with Crippen LogP contribution in [0.2, 0.25) is 0 Å². The molecule has 0 amide bonds. The Kier molecular flexibility index (Phi) is 99.5. The highest BCUT2D eigenvalue weighted by Crippen LogP contribution is 1.79. The summed E-state index contributed by atoms with van der Waals surface area (Å²) >= 11 is 0. The first-order valence-corrected chi connectivity index (χ1v) is 5.00. The minimum absolute atomic E-state index is 2.00. The maximum absolute atomic E-state index is 3.00. The Bertz CT molecular complexity index is 92.0. The largest absolute Gasteiger partial charge is 0.106 e. The summed E-state index contributed by atoms with van der Waals surface area (Å²) in [5.74, 6) is 0. The zero-order valence-corrected chi connectivity index (χ0v) is 10.3. The summed E-state index contributed by atoms with van der Waals surface area (Å²) in [5.41, 5.74) is 0. The van der Waals surface area contributed by atoms with Gasteiger partial charge in [-0.25, -0.2) is 0 Å². The van der Waals surface area contributed by atoms with E-state index in [2.05, 4.69) is 26.3 Å². The second kappa shape index (κ2) is 60.6. The molecule has 0 saturated heterocycles. The van der Waals surface area contributed by atoms with Crippen molar-refractivity contribution in [1.29, 1.82) is 0 Å². The molecule has 0 radical (unpaired) electrons. The van der Waals surface area contributed by atoms with Crippen molar-refractivity contribution in [2.24, 2.45) is 0 Å². The molecule has 0 atom stereocenters. The van der Waals surface area contributed by atoms with Gasteiger partial charge in [-0.1, -0.05) is 64.1 Å². The van der Waals surface area contributed by atoms with E-state index in [-0.39, 0.29) is 0 Å². The van der Waals surface area contributed by atoms with Gasteiger partial charge in [-0.05, 0) is 0 Å². The third kappa shape index (κ3) is 45.6. The average molecular weight is 194 g/mol. The van der Waals surface area contributed by atoms with Crippen molar-refractivity contribution >= 4 is 0 Å². The molecule has 1 rings (SSSR count).